The van der Waals surface area contributed by atoms with Crippen molar-refractivity contribution in [2.45, 2.75) is 0 Å². The van der Waals surface area contributed by atoms with Gasteiger partial charge in [-0.05, 0) is 18.2 Å². The molecule has 2 nitrogen and oxygen atoms in total. The average Bonchev–Trinajstić information content (AvgIpc) is 2.08. The van der Waals surface area contributed by atoms with Crippen LogP contribution in [-0.4, -0.2) is 24.8 Å². The maximum atomic E-state index is 12.7. The summed E-state index contributed by atoms with van der Waals surface area (Å²) in [4.78, 5) is 1.52. The van der Waals surface area contributed by atoms with Crippen molar-refractivity contribution in [1.29, 1.82) is 5.41 Å². The van der Waals surface area contributed by atoms with Gasteiger partial charge in [0.1, 0.15) is 5.84 Å². The summed E-state index contributed by atoms with van der Waals surface area (Å²) < 4.78 is 25.2. The summed E-state index contributed by atoms with van der Waals surface area (Å²) in [6.45, 7) is 0. The largest absolute Gasteiger partial charge is 0.363 e. The maximum Gasteiger partial charge on any atom is 0.159 e. The average molecular weight is 184 g/mol. The van der Waals surface area contributed by atoms with Crippen molar-refractivity contribution >= 4 is 5.84 Å². The second kappa shape index (κ2) is 3.51. The van der Waals surface area contributed by atoms with Crippen LogP contribution in [0.2, 0.25) is 0 Å². The SMILES string of the molecule is CN(C)C(=N)c1ccc(F)c(F)c1. The number of nitrogens with one attached hydrogen (secondary N) is 1. The Balaban J connectivity index is 3.04. The van der Waals surface area contributed by atoms with E-state index in [1.807, 2.05) is 0 Å². The lowest BCUT2D eigenvalue weighted by Gasteiger charge is -2.13. The van der Waals surface area contributed by atoms with Crippen LogP contribution in [-0.2, 0) is 0 Å². The van der Waals surface area contributed by atoms with Crippen molar-refractivity contribution in [1.82, 2.24) is 4.90 Å². The summed E-state index contributed by atoms with van der Waals surface area (Å²) in [7, 11) is 3.34. The van der Waals surface area contributed by atoms with Gasteiger partial charge in [-0.1, -0.05) is 0 Å². The molecule has 13 heavy (non-hydrogen) atoms. The molecule has 0 bridgehead atoms. The Morgan fingerprint density at radius 3 is 2.31 bits per heavy atom. The number of hydrogen-bond acceptors (Lipinski definition) is 1. The Kier molecular flexibility index (Phi) is 2.60. The number of benzene rings is 1. The maximum absolute atomic E-state index is 12.7. The molecule has 1 rings (SSSR count). The van der Waals surface area contributed by atoms with Crippen LogP contribution in [0.1, 0.15) is 5.56 Å². The van der Waals surface area contributed by atoms with Crippen molar-refractivity contribution < 1.29 is 8.78 Å². The van der Waals surface area contributed by atoms with Crippen molar-refractivity contribution in [2.24, 2.45) is 0 Å². The molecular formula is C9H10F2N2. The van der Waals surface area contributed by atoms with E-state index in [0.717, 1.165) is 12.1 Å². The Bertz CT molecular complexity index is 334. The number of amidine groups is 1. The van der Waals surface area contributed by atoms with E-state index in [-0.39, 0.29) is 5.84 Å². The molecule has 0 fully saturated rings. The van der Waals surface area contributed by atoms with Gasteiger partial charge in [-0.3, -0.25) is 5.41 Å². The molecule has 1 aromatic rings. The molecule has 0 saturated heterocycles. The zero-order valence-electron chi connectivity index (χ0n) is 7.44. The van der Waals surface area contributed by atoms with E-state index in [4.69, 9.17) is 5.41 Å². The highest BCUT2D eigenvalue weighted by atomic mass is 19.2. The molecule has 0 amide bonds. The first-order valence-electron chi connectivity index (χ1n) is 3.73. The van der Waals surface area contributed by atoms with Gasteiger partial charge < -0.3 is 4.90 Å². The fourth-order valence-electron chi connectivity index (χ4n) is 0.902. The highest BCUT2D eigenvalue weighted by molar-refractivity contribution is 5.95. The molecule has 70 valence electrons. The Morgan fingerprint density at radius 1 is 1.23 bits per heavy atom. The van der Waals surface area contributed by atoms with Gasteiger partial charge in [0.25, 0.3) is 0 Å². The van der Waals surface area contributed by atoms with Gasteiger partial charge in [0, 0.05) is 19.7 Å². The Hall–Kier alpha value is -1.45. The molecule has 0 atom stereocenters. The van der Waals surface area contributed by atoms with E-state index < -0.39 is 11.6 Å². The van der Waals surface area contributed by atoms with E-state index in [9.17, 15) is 8.78 Å². The lowest BCUT2D eigenvalue weighted by molar-refractivity contribution is 0.507. The van der Waals surface area contributed by atoms with E-state index in [1.165, 1.54) is 11.0 Å². The number of hydrogen-bond donors (Lipinski definition) is 1. The van der Waals surface area contributed by atoms with Gasteiger partial charge in [0.2, 0.25) is 0 Å². The fraction of sp³-hybridized carbons (Fsp3) is 0.222. The smallest absolute Gasteiger partial charge is 0.159 e. The summed E-state index contributed by atoms with van der Waals surface area (Å²) >= 11 is 0. The van der Waals surface area contributed by atoms with Gasteiger partial charge in [-0.2, -0.15) is 0 Å². The van der Waals surface area contributed by atoms with Crippen molar-refractivity contribution in [3.63, 3.8) is 0 Å². The van der Waals surface area contributed by atoms with Crippen LogP contribution < -0.4 is 0 Å². The standard InChI is InChI=1S/C9H10F2N2/c1-13(2)9(12)6-3-4-7(10)8(11)5-6/h3-5,12H,1-2H3. The lowest BCUT2D eigenvalue weighted by Crippen LogP contribution is -2.21. The Morgan fingerprint density at radius 2 is 1.85 bits per heavy atom. The lowest BCUT2D eigenvalue weighted by atomic mass is 10.2. The molecule has 0 unspecified atom stereocenters. The first kappa shape index (κ1) is 9.64. The third-order valence-electron chi connectivity index (χ3n) is 1.64. The normalized spacial score (nSPS) is 9.85. The predicted octanol–water partition coefficient (Wildman–Crippen LogP) is 1.85. The van der Waals surface area contributed by atoms with Crippen LogP contribution in [0.3, 0.4) is 0 Å². The quantitative estimate of drug-likeness (QED) is 0.523. The van der Waals surface area contributed by atoms with Crippen molar-refractivity contribution in [3.05, 3.63) is 35.4 Å². The third-order valence-corrected chi connectivity index (χ3v) is 1.64. The molecule has 0 heterocycles. The summed E-state index contributed by atoms with van der Waals surface area (Å²) in [6, 6.07) is 3.40. The van der Waals surface area contributed by atoms with Crippen LogP contribution in [0, 0.1) is 17.0 Å². The molecule has 0 spiro atoms. The third kappa shape index (κ3) is 2.02. The highest BCUT2D eigenvalue weighted by Gasteiger charge is 2.07. The Labute approximate surface area is 75.3 Å². The molecule has 1 aromatic carbocycles. The van der Waals surface area contributed by atoms with Crippen LogP contribution in [0.4, 0.5) is 8.78 Å². The topological polar surface area (TPSA) is 27.1 Å². The van der Waals surface area contributed by atoms with Gasteiger partial charge in [-0.15, -0.1) is 0 Å². The molecule has 0 aliphatic rings. The second-order valence-corrected chi connectivity index (χ2v) is 2.87. The van der Waals surface area contributed by atoms with Gasteiger partial charge in [-0.25, -0.2) is 8.78 Å². The summed E-state index contributed by atoms with van der Waals surface area (Å²) in [6.07, 6.45) is 0. The van der Waals surface area contributed by atoms with Crippen LogP contribution >= 0.6 is 0 Å². The predicted molar refractivity (Wildman–Crippen MR) is 46.9 cm³/mol. The number of halogens is 2. The summed E-state index contributed by atoms with van der Waals surface area (Å²) in [5.74, 6) is -1.67. The van der Waals surface area contributed by atoms with E-state index in [0.29, 0.717) is 5.56 Å². The molecule has 1 N–H and O–H groups in total. The highest BCUT2D eigenvalue weighted by Crippen LogP contribution is 2.09. The van der Waals surface area contributed by atoms with Gasteiger partial charge in [0.05, 0.1) is 0 Å². The fourth-order valence-corrected chi connectivity index (χ4v) is 0.902. The molecule has 0 aliphatic carbocycles. The molecular weight excluding hydrogens is 174 g/mol. The molecule has 0 aromatic heterocycles. The van der Waals surface area contributed by atoms with Gasteiger partial charge >= 0.3 is 0 Å². The number of rotatable bonds is 1. The second-order valence-electron chi connectivity index (χ2n) is 2.87. The number of nitrogens with zero attached hydrogens (tertiary/aromatic N) is 1. The van der Waals surface area contributed by atoms with E-state index >= 15 is 0 Å². The van der Waals surface area contributed by atoms with Gasteiger partial charge in [0.15, 0.2) is 11.6 Å². The zero-order valence-corrected chi connectivity index (χ0v) is 7.44. The molecule has 0 saturated carbocycles. The molecule has 0 aliphatic heterocycles. The monoisotopic (exact) mass is 184 g/mol. The minimum atomic E-state index is -0.927. The minimum Gasteiger partial charge on any atom is -0.363 e. The van der Waals surface area contributed by atoms with Crippen LogP contribution in [0.15, 0.2) is 18.2 Å². The first-order chi connectivity index (χ1) is 6.02. The summed E-state index contributed by atoms with van der Waals surface area (Å²) in [5, 5.41) is 7.49. The minimum absolute atomic E-state index is 0.152. The zero-order chi connectivity index (χ0) is 10.0. The molecule has 4 heteroatoms. The van der Waals surface area contributed by atoms with Crippen LogP contribution in [0.5, 0.6) is 0 Å². The van der Waals surface area contributed by atoms with Crippen molar-refractivity contribution in [3.8, 4) is 0 Å². The first-order valence-corrected chi connectivity index (χ1v) is 3.73. The van der Waals surface area contributed by atoms with Crippen LogP contribution in [0.25, 0.3) is 0 Å². The van der Waals surface area contributed by atoms with E-state index in [2.05, 4.69) is 0 Å². The van der Waals surface area contributed by atoms with Crippen molar-refractivity contribution in [2.75, 3.05) is 14.1 Å². The summed E-state index contributed by atoms with van der Waals surface area (Å²) in [5.41, 5.74) is 0.365. The van der Waals surface area contributed by atoms with E-state index in [1.54, 1.807) is 14.1 Å². The molecule has 0 radical (unpaired) electrons.